The van der Waals surface area contributed by atoms with Gasteiger partial charge in [-0.2, -0.15) is 0 Å². The van der Waals surface area contributed by atoms with Crippen LogP contribution in [0.3, 0.4) is 0 Å². The highest BCUT2D eigenvalue weighted by molar-refractivity contribution is 5.92. The minimum absolute atomic E-state index is 0.0642. The third-order valence-corrected chi connectivity index (χ3v) is 2.05. The number of esters is 1. The summed E-state index contributed by atoms with van der Waals surface area (Å²) in [5.74, 6) is -0.584. The number of methoxy groups -OCH3 is 1. The fraction of sp³-hybridized carbons (Fsp3) is 0.364. The van der Waals surface area contributed by atoms with Crippen molar-refractivity contribution in [2.45, 2.75) is 13.0 Å². The SMILES string of the molecule is COC(=O)c1cc(CN)ccc1OCC(F)F. The third kappa shape index (κ3) is 3.67. The van der Waals surface area contributed by atoms with Gasteiger partial charge in [-0.1, -0.05) is 6.07 Å². The molecule has 0 aliphatic carbocycles. The molecular weight excluding hydrogens is 232 g/mol. The molecule has 0 aliphatic heterocycles. The number of nitrogens with two attached hydrogens (primary N) is 1. The Kier molecular flexibility index (Phi) is 4.84. The number of alkyl halides is 2. The Balaban J connectivity index is 2.98. The van der Waals surface area contributed by atoms with Gasteiger partial charge in [0.1, 0.15) is 17.9 Å². The van der Waals surface area contributed by atoms with Gasteiger partial charge in [0.15, 0.2) is 0 Å². The van der Waals surface area contributed by atoms with E-state index < -0.39 is 19.0 Å². The van der Waals surface area contributed by atoms with Crippen molar-refractivity contribution in [3.05, 3.63) is 29.3 Å². The van der Waals surface area contributed by atoms with Crippen LogP contribution < -0.4 is 10.5 Å². The van der Waals surface area contributed by atoms with Crippen LogP contribution >= 0.6 is 0 Å². The lowest BCUT2D eigenvalue weighted by Gasteiger charge is -2.11. The highest BCUT2D eigenvalue weighted by Gasteiger charge is 2.15. The van der Waals surface area contributed by atoms with Crippen molar-refractivity contribution in [2.75, 3.05) is 13.7 Å². The van der Waals surface area contributed by atoms with Crippen molar-refractivity contribution >= 4 is 5.97 Å². The Bertz CT molecular complexity index is 396. The van der Waals surface area contributed by atoms with E-state index in [-0.39, 0.29) is 17.9 Å². The fourth-order valence-electron chi connectivity index (χ4n) is 1.25. The molecule has 1 rings (SSSR count). The zero-order valence-electron chi connectivity index (χ0n) is 9.28. The molecule has 0 spiro atoms. The number of halogens is 2. The predicted octanol–water partition coefficient (Wildman–Crippen LogP) is 1.58. The van der Waals surface area contributed by atoms with E-state index in [0.717, 1.165) is 0 Å². The van der Waals surface area contributed by atoms with E-state index >= 15 is 0 Å². The summed E-state index contributed by atoms with van der Waals surface area (Å²) in [6.45, 7) is -0.537. The molecule has 0 bridgehead atoms. The Morgan fingerprint density at radius 3 is 2.71 bits per heavy atom. The Hall–Kier alpha value is -1.69. The zero-order chi connectivity index (χ0) is 12.8. The molecule has 0 atom stereocenters. The molecule has 17 heavy (non-hydrogen) atoms. The molecule has 0 saturated carbocycles. The monoisotopic (exact) mass is 245 g/mol. The Morgan fingerprint density at radius 1 is 1.47 bits per heavy atom. The molecular formula is C11H13F2NO3. The highest BCUT2D eigenvalue weighted by atomic mass is 19.3. The van der Waals surface area contributed by atoms with Crippen molar-refractivity contribution in [1.82, 2.24) is 0 Å². The summed E-state index contributed by atoms with van der Waals surface area (Å²) < 4.78 is 33.4. The summed E-state index contributed by atoms with van der Waals surface area (Å²) in [4.78, 5) is 11.4. The van der Waals surface area contributed by atoms with E-state index in [1.165, 1.54) is 19.2 Å². The number of hydrogen-bond acceptors (Lipinski definition) is 4. The minimum Gasteiger partial charge on any atom is -0.487 e. The highest BCUT2D eigenvalue weighted by Crippen LogP contribution is 2.21. The van der Waals surface area contributed by atoms with Gasteiger partial charge in [-0.05, 0) is 17.7 Å². The van der Waals surface area contributed by atoms with Crippen molar-refractivity contribution in [1.29, 1.82) is 0 Å². The topological polar surface area (TPSA) is 61.5 Å². The normalized spacial score (nSPS) is 10.4. The first kappa shape index (κ1) is 13.4. The van der Waals surface area contributed by atoms with Gasteiger partial charge in [0.2, 0.25) is 0 Å². The van der Waals surface area contributed by atoms with Crippen molar-refractivity contribution in [3.8, 4) is 5.75 Å². The van der Waals surface area contributed by atoms with Gasteiger partial charge in [0.05, 0.1) is 7.11 Å². The Labute approximate surface area is 97.3 Å². The fourth-order valence-corrected chi connectivity index (χ4v) is 1.25. The first-order chi connectivity index (χ1) is 8.08. The van der Waals surface area contributed by atoms with Crippen LogP contribution in [-0.2, 0) is 11.3 Å². The van der Waals surface area contributed by atoms with Crippen LogP contribution in [0.5, 0.6) is 5.75 Å². The lowest BCUT2D eigenvalue weighted by Crippen LogP contribution is -2.12. The van der Waals surface area contributed by atoms with Crippen LogP contribution in [0, 0.1) is 0 Å². The van der Waals surface area contributed by atoms with E-state index in [0.29, 0.717) is 5.56 Å². The number of hydrogen-bond donors (Lipinski definition) is 1. The maximum Gasteiger partial charge on any atom is 0.341 e. The quantitative estimate of drug-likeness (QED) is 0.800. The van der Waals surface area contributed by atoms with Crippen LogP contribution in [0.2, 0.25) is 0 Å². The van der Waals surface area contributed by atoms with Gasteiger partial charge in [-0.15, -0.1) is 0 Å². The molecule has 0 aliphatic rings. The molecule has 94 valence electrons. The molecule has 0 amide bonds. The van der Waals surface area contributed by atoms with Gasteiger partial charge < -0.3 is 15.2 Å². The molecule has 6 heteroatoms. The minimum atomic E-state index is -2.60. The van der Waals surface area contributed by atoms with Gasteiger partial charge in [0, 0.05) is 6.54 Å². The maximum atomic E-state index is 12.0. The smallest absolute Gasteiger partial charge is 0.341 e. The molecule has 0 heterocycles. The number of benzene rings is 1. The molecule has 0 saturated heterocycles. The molecule has 1 aromatic carbocycles. The lowest BCUT2D eigenvalue weighted by molar-refractivity contribution is 0.0578. The standard InChI is InChI=1S/C11H13F2NO3/c1-16-11(15)8-4-7(5-14)2-3-9(8)17-6-10(12)13/h2-4,10H,5-6,14H2,1H3. The first-order valence-corrected chi connectivity index (χ1v) is 4.90. The molecule has 1 aromatic rings. The summed E-state index contributed by atoms with van der Waals surface area (Å²) >= 11 is 0. The largest absolute Gasteiger partial charge is 0.487 e. The van der Waals surface area contributed by atoms with Gasteiger partial charge in [-0.25, -0.2) is 13.6 Å². The number of rotatable bonds is 5. The average molecular weight is 245 g/mol. The van der Waals surface area contributed by atoms with Gasteiger partial charge in [0.25, 0.3) is 6.43 Å². The average Bonchev–Trinajstić information content (AvgIpc) is 2.35. The van der Waals surface area contributed by atoms with E-state index in [1.54, 1.807) is 6.07 Å². The number of carbonyl (C=O) groups is 1. The van der Waals surface area contributed by atoms with Crippen LogP contribution in [0.15, 0.2) is 18.2 Å². The third-order valence-electron chi connectivity index (χ3n) is 2.05. The zero-order valence-corrected chi connectivity index (χ0v) is 9.28. The van der Waals surface area contributed by atoms with Gasteiger partial charge in [-0.3, -0.25) is 0 Å². The molecule has 0 radical (unpaired) electrons. The first-order valence-electron chi connectivity index (χ1n) is 4.90. The molecule has 0 aromatic heterocycles. The second-order valence-corrected chi connectivity index (χ2v) is 3.23. The van der Waals surface area contributed by atoms with Crippen molar-refractivity contribution < 1.29 is 23.0 Å². The lowest BCUT2D eigenvalue weighted by atomic mass is 10.1. The molecule has 0 unspecified atom stereocenters. The molecule has 4 nitrogen and oxygen atoms in total. The molecule has 0 fully saturated rings. The van der Waals surface area contributed by atoms with Crippen LogP contribution in [-0.4, -0.2) is 26.1 Å². The van der Waals surface area contributed by atoms with E-state index in [9.17, 15) is 13.6 Å². The summed E-state index contributed by atoms with van der Waals surface area (Å²) in [7, 11) is 1.20. The summed E-state index contributed by atoms with van der Waals surface area (Å²) in [5, 5.41) is 0. The van der Waals surface area contributed by atoms with Gasteiger partial charge >= 0.3 is 5.97 Å². The van der Waals surface area contributed by atoms with E-state index in [2.05, 4.69) is 4.74 Å². The summed E-state index contributed by atoms with van der Waals surface area (Å²) in [6, 6.07) is 4.50. The van der Waals surface area contributed by atoms with E-state index in [4.69, 9.17) is 10.5 Å². The van der Waals surface area contributed by atoms with Crippen LogP contribution in [0.1, 0.15) is 15.9 Å². The molecule has 2 N–H and O–H groups in total. The predicted molar refractivity (Wildman–Crippen MR) is 57.2 cm³/mol. The van der Waals surface area contributed by atoms with Crippen LogP contribution in [0.25, 0.3) is 0 Å². The number of carbonyl (C=O) groups excluding carboxylic acids is 1. The number of ether oxygens (including phenoxy) is 2. The second kappa shape index (κ2) is 6.15. The van der Waals surface area contributed by atoms with Crippen molar-refractivity contribution in [3.63, 3.8) is 0 Å². The maximum absolute atomic E-state index is 12.0. The Morgan fingerprint density at radius 2 is 2.18 bits per heavy atom. The second-order valence-electron chi connectivity index (χ2n) is 3.23. The summed E-state index contributed by atoms with van der Waals surface area (Å²) in [5.41, 5.74) is 6.20. The summed E-state index contributed by atoms with van der Waals surface area (Å²) in [6.07, 6.45) is -2.60. The van der Waals surface area contributed by atoms with Crippen molar-refractivity contribution in [2.24, 2.45) is 5.73 Å². The van der Waals surface area contributed by atoms with Crippen LogP contribution in [0.4, 0.5) is 8.78 Å². The van der Waals surface area contributed by atoms with E-state index in [1.807, 2.05) is 0 Å².